The number of hydrogen-bond acceptors (Lipinski definition) is 3. The monoisotopic (exact) mass is 247 g/mol. The molecule has 0 spiro atoms. The zero-order valence-corrected chi connectivity index (χ0v) is 11.5. The molecule has 1 fully saturated rings. The standard InChI is InChI=1S/C15H25N3/c1-13-11-14(7-8-16)12-17-15(13)18-9-5-3-2-4-6-10-18/h11-12H,2-10,16H2,1H3. The summed E-state index contributed by atoms with van der Waals surface area (Å²) in [5.74, 6) is 1.18. The third kappa shape index (κ3) is 3.45. The molecule has 1 aliphatic rings. The molecular formula is C15H25N3. The van der Waals surface area contributed by atoms with Crippen LogP contribution in [0.2, 0.25) is 0 Å². The van der Waals surface area contributed by atoms with Crippen LogP contribution in [0.4, 0.5) is 5.82 Å². The van der Waals surface area contributed by atoms with Gasteiger partial charge in [-0.1, -0.05) is 25.3 Å². The molecule has 0 aliphatic carbocycles. The van der Waals surface area contributed by atoms with Gasteiger partial charge in [-0.15, -0.1) is 0 Å². The summed E-state index contributed by atoms with van der Waals surface area (Å²) in [6.45, 7) is 5.18. The number of anilines is 1. The summed E-state index contributed by atoms with van der Waals surface area (Å²) < 4.78 is 0. The maximum Gasteiger partial charge on any atom is 0.131 e. The van der Waals surface area contributed by atoms with Gasteiger partial charge in [-0.25, -0.2) is 4.98 Å². The van der Waals surface area contributed by atoms with Crippen LogP contribution in [0.25, 0.3) is 0 Å². The first kappa shape index (κ1) is 13.3. The normalized spacial score (nSPS) is 17.3. The Balaban J connectivity index is 2.10. The number of aryl methyl sites for hydroxylation is 1. The highest BCUT2D eigenvalue weighted by molar-refractivity contribution is 5.47. The van der Waals surface area contributed by atoms with Crippen molar-refractivity contribution < 1.29 is 0 Å². The Morgan fingerprint density at radius 3 is 2.44 bits per heavy atom. The van der Waals surface area contributed by atoms with Crippen LogP contribution in [-0.2, 0) is 6.42 Å². The van der Waals surface area contributed by atoms with Crippen LogP contribution >= 0.6 is 0 Å². The molecule has 18 heavy (non-hydrogen) atoms. The van der Waals surface area contributed by atoms with Crippen molar-refractivity contribution in [1.29, 1.82) is 0 Å². The van der Waals surface area contributed by atoms with E-state index in [4.69, 9.17) is 5.73 Å². The van der Waals surface area contributed by atoms with Gasteiger partial charge in [0.25, 0.3) is 0 Å². The SMILES string of the molecule is Cc1cc(CCN)cnc1N1CCCCCCC1. The van der Waals surface area contributed by atoms with E-state index >= 15 is 0 Å². The van der Waals surface area contributed by atoms with E-state index in [1.807, 2.05) is 6.20 Å². The van der Waals surface area contributed by atoms with E-state index < -0.39 is 0 Å². The highest BCUT2D eigenvalue weighted by Gasteiger charge is 2.12. The molecule has 0 aromatic carbocycles. The van der Waals surface area contributed by atoms with Crippen LogP contribution in [0, 0.1) is 6.92 Å². The lowest BCUT2D eigenvalue weighted by Crippen LogP contribution is -2.28. The number of nitrogens with two attached hydrogens (primary N) is 1. The fourth-order valence-electron chi connectivity index (χ4n) is 2.72. The van der Waals surface area contributed by atoms with Crippen LogP contribution in [0.1, 0.15) is 43.2 Å². The summed E-state index contributed by atoms with van der Waals surface area (Å²) in [7, 11) is 0. The molecule has 3 nitrogen and oxygen atoms in total. The van der Waals surface area contributed by atoms with E-state index in [0.717, 1.165) is 19.5 Å². The minimum absolute atomic E-state index is 0.699. The average molecular weight is 247 g/mol. The molecule has 0 bridgehead atoms. The van der Waals surface area contributed by atoms with E-state index in [9.17, 15) is 0 Å². The Hall–Kier alpha value is -1.09. The predicted octanol–water partition coefficient (Wildman–Crippen LogP) is 2.66. The summed E-state index contributed by atoms with van der Waals surface area (Å²) in [5, 5.41) is 0. The fourth-order valence-corrected chi connectivity index (χ4v) is 2.72. The van der Waals surface area contributed by atoms with E-state index in [-0.39, 0.29) is 0 Å². The molecule has 0 saturated carbocycles. The van der Waals surface area contributed by atoms with Crippen molar-refractivity contribution in [3.05, 3.63) is 23.4 Å². The topological polar surface area (TPSA) is 42.1 Å². The molecule has 0 atom stereocenters. The molecule has 100 valence electrons. The Bertz CT molecular complexity index is 368. The lowest BCUT2D eigenvalue weighted by Gasteiger charge is -2.27. The van der Waals surface area contributed by atoms with Gasteiger partial charge in [0.2, 0.25) is 0 Å². The summed E-state index contributed by atoms with van der Waals surface area (Å²) in [4.78, 5) is 7.12. The molecule has 1 saturated heterocycles. The predicted molar refractivity (Wildman–Crippen MR) is 77.0 cm³/mol. The van der Waals surface area contributed by atoms with E-state index in [0.29, 0.717) is 6.54 Å². The largest absolute Gasteiger partial charge is 0.356 e. The van der Waals surface area contributed by atoms with Crippen molar-refractivity contribution in [3.8, 4) is 0 Å². The van der Waals surface area contributed by atoms with E-state index in [1.54, 1.807) is 0 Å². The molecule has 3 heteroatoms. The smallest absolute Gasteiger partial charge is 0.131 e. The van der Waals surface area contributed by atoms with Crippen molar-refractivity contribution >= 4 is 5.82 Å². The maximum absolute atomic E-state index is 5.59. The molecule has 0 radical (unpaired) electrons. The second kappa shape index (κ2) is 6.74. The summed E-state index contributed by atoms with van der Waals surface area (Å²) in [5.41, 5.74) is 8.14. The third-order valence-electron chi connectivity index (χ3n) is 3.70. The molecule has 1 aromatic rings. The van der Waals surface area contributed by atoms with Gasteiger partial charge < -0.3 is 10.6 Å². The molecule has 2 N–H and O–H groups in total. The zero-order valence-electron chi connectivity index (χ0n) is 11.5. The van der Waals surface area contributed by atoms with Crippen molar-refractivity contribution in [2.75, 3.05) is 24.5 Å². The lowest BCUT2D eigenvalue weighted by molar-refractivity contribution is 0.553. The van der Waals surface area contributed by atoms with Gasteiger partial charge >= 0.3 is 0 Å². The Labute approximate surface area is 110 Å². The number of nitrogens with zero attached hydrogens (tertiary/aromatic N) is 2. The number of rotatable bonds is 3. The van der Waals surface area contributed by atoms with Crippen molar-refractivity contribution in [1.82, 2.24) is 4.98 Å². The second-order valence-electron chi connectivity index (χ2n) is 5.28. The van der Waals surface area contributed by atoms with E-state index in [2.05, 4.69) is 22.9 Å². The number of aromatic nitrogens is 1. The van der Waals surface area contributed by atoms with Gasteiger partial charge in [0.1, 0.15) is 5.82 Å². The quantitative estimate of drug-likeness (QED) is 0.893. The molecule has 0 amide bonds. The zero-order chi connectivity index (χ0) is 12.8. The molecule has 1 aromatic heterocycles. The number of hydrogen-bond donors (Lipinski definition) is 1. The fraction of sp³-hybridized carbons (Fsp3) is 0.667. The Morgan fingerprint density at radius 1 is 1.17 bits per heavy atom. The van der Waals surface area contributed by atoms with Crippen LogP contribution in [-0.4, -0.2) is 24.6 Å². The summed E-state index contributed by atoms with van der Waals surface area (Å²) >= 11 is 0. The van der Waals surface area contributed by atoms with Gasteiger partial charge in [0, 0.05) is 19.3 Å². The van der Waals surface area contributed by atoms with E-state index in [1.165, 1.54) is 49.0 Å². The number of pyridine rings is 1. The van der Waals surface area contributed by atoms with Gasteiger partial charge in [0.05, 0.1) is 0 Å². The van der Waals surface area contributed by atoms with Crippen molar-refractivity contribution in [3.63, 3.8) is 0 Å². The Morgan fingerprint density at radius 2 is 1.83 bits per heavy atom. The Kier molecular flexibility index (Phi) is 5.00. The molecular weight excluding hydrogens is 222 g/mol. The van der Waals surface area contributed by atoms with Crippen LogP contribution in [0.15, 0.2) is 12.3 Å². The highest BCUT2D eigenvalue weighted by atomic mass is 15.2. The van der Waals surface area contributed by atoms with Crippen LogP contribution in [0.5, 0.6) is 0 Å². The van der Waals surface area contributed by atoms with Gasteiger partial charge in [-0.2, -0.15) is 0 Å². The van der Waals surface area contributed by atoms with Gasteiger partial charge in [-0.05, 0) is 43.9 Å². The lowest BCUT2D eigenvalue weighted by atomic mass is 10.1. The molecule has 2 rings (SSSR count). The maximum atomic E-state index is 5.59. The van der Waals surface area contributed by atoms with Gasteiger partial charge in [-0.3, -0.25) is 0 Å². The second-order valence-corrected chi connectivity index (χ2v) is 5.28. The van der Waals surface area contributed by atoms with Crippen molar-refractivity contribution in [2.24, 2.45) is 5.73 Å². The first-order valence-corrected chi connectivity index (χ1v) is 7.22. The molecule has 0 unspecified atom stereocenters. The summed E-state index contributed by atoms with van der Waals surface area (Å²) in [6.07, 6.45) is 9.64. The van der Waals surface area contributed by atoms with Gasteiger partial charge in [0.15, 0.2) is 0 Å². The first-order valence-electron chi connectivity index (χ1n) is 7.22. The van der Waals surface area contributed by atoms with Crippen LogP contribution < -0.4 is 10.6 Å². The first-order chi connectivity index (χ1) is 8.81. The van der Waals surface area contributed by atoms with Crippen molar-refractivity contribution in [2.45, 2.75) is 45.4 Å². The molecule has 1 aliphatic heterocycles. The minimum Gasteiger partial charge on any atom is -0.356 e. The average Bonchev–Trinajstić information content (AvgIpc) is 2.30. The third-order valence-corrected chi connectivity index (χ3v) is 3.70. The minimum atomic E-state index is 0.699. The van der Waals surface area contributed by atoms with Crippen LogP contribution in [0.3, 0.4) is 0 Å². The highest BCUT2D eigenvalue weighted by Crippen LogP contribution is 2.21. The molecule has 2 heterocycles. The summed E-state index contributed by atoms with van der Waals surface area (Å²) in [6, 6.07) is 2.24.